The quantitative estimate of drug-likeness (QED) is 0.617. The molecule has 0 fully saturated rings. The van der Waals surface area contributed by atoms with E-state index >= 15 is 0 Å². The van der Waals surface area contributed by atoms with Gasteiger partial charge in [-0.05, 0) is 0 Å². The molecule has 0 aliphatic carbocycles. The maximum absolute atomic E-state index is 11.4. The van der Waals surface area contributed by atoms with Gasteiger partial charge < -0.3 is 19.5 Å². The van der Waals surface area contributed by atoms with Gasteiger partial charge in [-0.25, -0.2) is 0 Å². The fourth-order valence-corrected chi connectivity index (χ4v) is 1.12. The van der Waals surface area contributed by atoms with Gasteiger partial charge in [0.15, 0.2) is 0 Å². The van der Waals surface area contributed by atoms with E-state index in [2.05, 4.69) is 0 Å². The number of hydrogen-bond donors (Lipinski definition) is 1. The van der Waals surface area contributed by atoms with E-state index in [-0.39, 0.29) is 12.5 Å². The largest absolute Gasteiger partial charge is 0.395 e. The monoisotopic (exact) mass is 249 g/mol. The van der Waals surface area contributed by atoms with Crippen LogP contribution in [-0.4, -0.2) is 62.5 Å². The predicted octanol–water partition coefficient (Wildman–Crippen LogP) is 0.906. The van der Waals surface area contributed by atoms with E-state index in [0.717, 1.165) is 0 Å². The fourth-order valence-electron chi connectivity index (χ4n) is 1.12. The van der Waals surface area contributed by atoms with E-state index < -0.39 is 0 Å². The van der Waals surface area contributed by atoms with Crippen LogP contribution in [0.5, 0.6) is 0 Å². The van der Waals surface area contributed by atoms with Crippen molar-refractivity contribution in [3.05, 3.63) is 0 Å². The van der Waals surface area contributed by atoms with E-state index in [1.807, 2.05) is 13.8 Å². The molecule has 1 N–H and O–H groups in total. The molecule has 17 heavy (non-hydrogen) atoms. The lowest BCUT2D eigenvalue weighted by Crippen LogP contribution is -2.35. The lowest BCUT2D eigenvalue weighted by Gasteiger charge is -2.20. The molecule has 0 saturated heterocycles. The first-order chi connectivity index (χ1) is 8.26. The highest BCUT2D eigenvalue weighted by Gasteiger charge is 2.09. The summed E-state index contributed by atoms with van der Waals surface area (Å²) in [5.74, 6) is 0.0411. The Balaban J connectivity index is 0. The van der Waals surface area contributed by atoms with Crippen molar-refractivity contribution in [1.82, 2.24) is 4.90 Å². The summed E-state index contributed by atoms with van der Waals surface area (Å²) in [4.78, 5) is 13.0. The third kappa shape index (κ3) is 11.6. The van der Waals surface area contributed by atoms with Crippen molar-refractivity contribution < 1.29 is 19.4 Å². The molecule has 0 rings (SSSR count). The Kier molecular flexibility index (Phi) is 16.9. The molecule has 5 nitrogen and oxygen atoms in total. The minimum absolute atomic E-state index is 0.0101. The van der Waals surface area contributed by atoms with Crippen LogP contribution in [0, 0.1) is 0 Å². The summed E-state index contributed by atoms with van der Waals surface area (Å²) >= 11 is 0. The number of aliphatic hydroxyl groups excluding tert-OH is 1. The summed E-state index contributed by atoms with van der Waals surface area (Å²) in [7, 11) is 1.61. The first-order valence-electron chi connectivity index (χ1n) is 6.21. The van der Waals surface area contributed by atoms with Crippen molar-refractivity contribution in [2.24, 2.45) is 0 Å². The van der Waals surface area contributed by atoms with Gasteiger partial charge >= 0.3 is 0 Å². The third-order valence-corrected chi connectivity index (χ3v) is 1.96. The molecule has 0 aliphatic heterocycles. The number of hydrogen-bond acceptors (Lipinski definition) is 4. The van der Waals surface area contributed by atoms with E-state index in [9.17, 15) is 4.79 Å². The molecule has 5 heteroatoms. The topological polar surface area (TPSA) is 59.0 Å². The highest BCUT2D eigenvalue weighted by atomic mass is 16.5. The van der Waals surface area contributed by atoms with Crippen LogP contribution in [-0.2, 0) is 14.3 Å². The lowest BCUT2D eigenvalue weighted by molar-refractivity contribution is -0.132. The number of amides is 1. The molecule has 0 radical (unpaired) electrons. The second-order valence-corrected chi connectivity index (χ2v) is 3.06. The van der Waals surface area contributed by atoms with Crippen molar-refractivity contribution in [2.45, 2.75) is 27.2 Å². The summed E-state index contributed by atoms with van der Waals surface area (Å²) in [6.45, 7) is 8.26. The second kappa shape index (κ2) is 15.4. The summed E-state index contributed by atoms with van der Waals surface area (Å²) in [6.07, 6.45) is 0.456. The van der Waals surface area contributed by atoms with Crippen LogP contribution in [0.2, 0.25) is 0 Å². The molecule has 0 aromatic carbocycles. The Hall–Kier alpha value is -0.650. The molecule has 0 bridgehead atoms. The van der Waals surface area contributed by atoms with Crippen LogP contribution in [0.15, 0.2) is 0 Å². The molecule has 0 spiro atoms. The number of ether oxygens (including phenoxy) is 2. The number of carbonyl (C=O) groups excluding carboxylic acids is 1. The number of aliphatic hydroxyl groups is 1. The Bertz CT molecular complexity index is 165. The molecule has 0 heterocycles. The SMILES string of the molecule is CC.CCC(=O)N(CCO)CCOCCOC. The second-order valence-electron chi connectivity index (χ2n) is 3.06. The van der Waals surface area contributed by atoms with Crippen molar-refractivity contribution >= 4 is 5.91 Å². The highest BCUT2D eigenvalue weighted by Crippen LogP contribution is 1.93. The summed E-state index contributed by atoms with van der Waals surface area (Å²) in [6, 6.07) is 0. The molecule has 104 valence electrons. The summed E-state index contributed by atoms with van der Waals surface area (Å²) in [5, 5.41) is 8.77. The molecule has 0 aromatic heterocycles. The van der Waals surface area contributed by atoms with Crippen molar-refractivity contribution in [1.29, 1.82) is 0 Å². The molecule has 0 saturated carbocycles. The van der Waals surface area contributed by atoms with Crippen LogP contribution < -0.4 is 0 Å². The first-order valence-corrected chi connectivity index (χ1v) is 6.21. The standard InChI is InChI=1S/C10H21NO4.C2H6/c1-3-10(13)11(4-6-12)5-7-15-9-8-14-2;1-2/h12H,3-9H2,1-2H3;1-2H3. The fraction of sp³-hybridized carbons (Fsp3) is 0.917. The number of rotatable bonds is 9. The van der Waals surface area contributed by atoms with Crippen molar-refractivity contribution in [2.75, 3.05) is 46.6 Å². The van der Waals surface area contributed by atoms with E-state index in [0.29, 0.717) is 39.3 Å². The minimum Gasteiger partial charge on any atom is -0.395 e. The van der Waals surface area contributed by atoms with Gasteiger partial charge in [0.25, 0.3) is 0 Å². The van der Waals surface area contributed by atoms with Crippen LogP contribution in [0.1, 0.15) is 27.2 Å². The Labute approximate surface area is 105 Å². The highest BCUT2D eigenvalue weighted by molar-refractivity contribution is 5.75. The zero-order valence-electron chi connectivity index (χ0n) is 11.6. The zero-order chi connectivity index (χ0) is 13.5. The van der Waals surface area contributed by atoms with Crippen LogP contribution in [0.3, 0.4) is 0 Å². The number of nitrogens with zero attached hydrogens (tertiary/aromatic N) is 1. The molecule has 0 unspecified atom stereocenters. The smallest absolute Gasteiger partial charge is 0.222 e. The Morgan fingerprint density at radius 2 is 1.82 bits per heavy atom. The third-order valence-electron chi connectivity index (χ3n) is 1.96. The van der Waals surface area contributed by atoms with Gasteiger partial charge in [-0.1, -0.05) is 20.8 Å². The average Bonchev–Trinajstić information content (AvgIpc) is 2.38. The van der Waals surface area contributed by atoms with Gasteiger partial charge in [0.05, 0.1) is 26.4 Å². The maximum Gasteiger partial charge on any atom is 0.222 e. The lowest BCUT2D eigenvalue weighted by atomic mass is 10.4. The van der Waals surface area contributed by atoms with E-state index in [1.54, 1.807) is 18.9 Å². The predicted molar refractivity (Wildman–Crippen MR) is 68.0 cm³/mol. The van der Waals surface area contributed by atoms with E-state index in [4.69, 9.17) is 14.6 Å². The maximum atomic E-state index is 11.4. The van der Waals surface area contributed by atoms with Gasteiger partial charge in [-0.2, -0.15) is 0 Å². The summed E-state index contributed by atoms with van der Waals surface area (Å²) < 4.78 is 10.1. The number of carbonyl (C=O) groups is 1. The van der Waals surface area contributed by atoms with Crippen LogP contribution in [0.4, 0.5) is 0 Å². The molecule has 0 atom stereocenters. The van der Waals surface area contributed by atoms with Crippen LogP contribution in [0.25, 0.3) is 0 Å². The molecular weight excluding hydrogens is 222 g/mol. The first kappa shape index (κ1) is 18.7. The molecule has 0 aliphatic rings. The zero-order valence-corrected chi connectivity index (χ0v) is 11.6. The Morgan fingerprint density at radius 1 is 1.18 bits per heavy atom. The normalized spacial score (nSPS) is 9.47. The Morgan fingerprint density at radius 3 is 2.29 bits per heavy atom. The molecule has 0 aromatic rings. The van der Waals surface area contributed by atoms with Gasteiger partial charge in [-0.3, -0.25) is 4.79 Å². The minimum atomic E-state index is -0.0101. The van der Waals surface area contributed by atoms with Crippen molar-refractivity contribution in [3.63, 3.8) is 0 Å². The molecule has 1 amide bonds. The van der Waals surface area contributed by atoms with Gasteiger partial charge in [0.2, 0.25) is 5.91 Å². The van der Waals surface area contributed by atoms with Gasteiger partial charge in [-0.15, -0.1) is 0 Å². The van der Waals surface area contributed by atoms with Crippen molar-refractivity contribution in [3.8, 4) is 0 Å². The van der Waals surface area contributed by atoms with Gasteiger partial charge in [0.1, 0.15) is 0 Å². The van der Waals surface area contributed by atoms with E-state index in [1.165, 1.54) is 0 Å². The summed E-state index contributed by atoms with van der Waals surface area (Å²) in [5.41, 5.74) is 0. The average molecular weight is 249 g/mol. The molecular formula is C12H27NO4. The van der Waals surface area contributed by atoms with Crippen LogP contribution >= 0.6 is 0 Å². The van der Waals surface area contributed by atoms with Gasteiger partial charge in [0, 0.05) is 26.6 Å². The number of methoxy groups -OCH3 is 1.